The van der Waals surface area contributed by atoms with Crippen LogP contribution in [0, 0.1) is 10.1 Å². The third kappa shape index (κ3) is 3.24. The van der Waals surface area contributed by atoms with Gasteiger partial charge in [0.15, 0.2) is 0 Å². The van der Waals surface area contributed by atoms with Gasteiger partial charge in [0.25, 0.3) is 16.8 Å². The number of carbonyl (C=O) groups excluding carboxylic acids is 1. The lowest BCUT2D eigenvalue weighted by atomic mass is 10.2. The second kappa shape index (κ2) is 6.36. The number of nitro benzene ring substituents is 1. The predicted octanol–water partition coefficient (Wildman–Crippen LogP) is 3.00. The van der Waals surface area contributed by atoms with Crippen LogP contribution in [0.4, 0.5) is 5.69 Å². The van der Waals surface area contributed by atoms with Crippen LogP contribution in [0.1, 0.15) is 10.4 Å². The fraction of sp³-hybridized carbons (Fsp3) is 0. The zero-order chi connectivity index (χ0) is 16.2. The van der Waals surface area contributed by atoms with Crippen molar-refractivity contribution in [3.05, 3.63) is 58.3 Å². The van der Waals surface area contributed by atoms with Gasteiger partial charge >= 0.3 is 0 Å². The van der Waals surface area contributed by atoms with Crippen molar-refractivity contribution in [2.75, 3.05) is 0 Å². The Morgan fingerprint density at radius 1 is 1.22 bits per heavy atom. The van der Waals surface area contributed by atoms with Gasteiger partial charge in [0.05, 0.1) is 9.82 Å². The highest BCUT2D eigenvalue weighted by Gasteiger charge is 2.19. The van der Waals surface area contributed by atoms with Crippen LogP contribution >= 0.6 is 11.8 Å². The van der Waals surface area contributed by atoms with E-state index in [9.17, 15) is 14.9 Å². The SMILES string of the molecule is O=Cc1ccc(Sc2nnc(-c3ccccn3)o2)c([N+](=O)[O-])c1. The number of carbonyl (C=O) groups is 1. The molecule has 0 aliphatic heterocycles. The van der Waals surface area contributed by atoms with E-state index in [0.29, 0.717) is 16.9 Å². The van der Waals surface area contributed by atoms with Gasteiger partial charge < -0.3 is 4.42 Å². The van der Waals surface area contributed by atoms with Crippen LogP contribution in [-0.4, -0.2) is 26.4 Å². The lowest BCUT2D eigenvalue weighted by Crippen LogP contribution is -1.93. The second-order valence-electron chi connectivity index (χ2n) is 4.29. The van der Waals surface area contributed by atoms with Crippen molar-refractivity contribution in [2.24, 2.45) is 0 Å². The molecule has 9 heteroatoms. The highest BCUT2D eigenvalue weighted by Crippen LogP contribution is 2.35. The fourth-order valence-corrected chi connectivity index (χ4v) is 2.54. The number of aldehydes is 1. The van der Waals surface area contributed by atoms with Gasteiger partial charge in [-0.15, -0.1) is 10.2 Å². The molecule has 0 amide bonds. The van der Waals surface area contributed by atoms with Gasteiger partial charge in [0.1, 0.15) is 12.0 Å². The van der Waals surface area contributed by atoms with Crippen LogP contribution in [0.15, 0.2) is 57.1 Å². The Morgan fingerprint density at radius 2 is 2.09 bits per heavy atom. The van der Waals surface area contributed by atoms with Gasteiger partial charge in [0, 0.05) is 17.8 Å². The zero-order valence-electron chi connectivity index (χ0n) is 11.4. The normalized spacial score (nSPS) is 10.4. The Kier molecular flexibility index (Phi) is 4.11. The molecule has 0 spiro atoms. The zero-order valence-corrected chi connectivity index (χ0v) is 12.3. The minimum atomic E-state index is -0.564. The molecule has 1 aromatic carbocycles. The molecule has 23 heavy (non-hydrogen) atoms. The first-order chi connectivity index (χ1) is 11.2. The molecule has 0 saturated carbocycles. The number of aromatic nitrogens is 3. The average Bonchev–Trinajstić information content (AvgIpc) is 3.04. The number of nitro groups is 1. The number of benzene rings is 1. The molecule has 0 radical (unpaired) electrons. The Balaban J connectivity index is 1.90. The molecular formula is C14H8N4O4S. The average molecular weight is 328 g/mol. The highest BCUT2D eigenvalue weighted by atomic mass is 32.2. The van der Waals surface area contributed by atoms with Crippen LogP contribution in [0.25, 0.3) is 11.6 Å². The van der Waals surface area contributed by atoms with E-state index < -0.39 is 4.92 Å². The van der Waals surface area contributed by atoms with E-state index in [4.69, 9.17) is 4.42 Å². The van der Waals surface area contributed by atoms with Crippen LogP contribution in [0.5, 0.6) is 0 Å². The minimum Gasteiger partial charge on any atom is -0.409 e. The molecule has 0 N–H and O–H groups in total. The van der Waals surface area contributed by atoms with Crippen molar-refractivity contribution < 1.29 is 14.1 Å². The quantitative estimate of drug-likeness (QED) is 0.399. The van der Waals surface area contributed by atoms with Gasteiger partial charge in [-0.3, -0.25) is 19.9 Å². The van der Waals surface area contributed by atoms with Crippen molar-refractivity contribution >= 4 is 23.7 Å². The monoisotopic (exact) mass is 328 g/mol. The van der Waals surface area contributed by atoms with Gasteiger partial charge in [-0.1, -0.05) is 12.1 Å². The van der Waals surface area contributed by atoms with Gasteiger partial charge in [-0.25, -0.2) is 0 Å². The molecule has 0 aliphatic carbocycles. The molecule has 0 bridgehead atoms. The summed E-state index contributed by atoms with van der Waals surface area (Å²) in [7, 11) is 0. The minimum absolute atomic E-state index is 0.146. The molecule has 0 saturated heterocycles. The first-order valence-electron chi connectivity index (χ1n) is 6.34. The van der Waals surface area contributed by atoms with E-state index in [1.54, 1.807) is 24.4 Å². The van der Waals surface area contributed by atoms with Crippen molar-refractivity contribution in [1.82, 2.24) is 15.2 Å². The molecule has 8 nitrogen and oxygen atoms in total. The predicted molar refractivity (Wildman–Crippen MR) is 80.1 cm³/mol. The summed E-state index contributed by atoms with van der Waals surface area (Å²) in [4.78, 5) is 25.7. The maximum Gasteiger partial charge on any atom is 0.284 e. The number of pyridine rings is 1. The van der Waals surface area contributed by atoms with Crippen LogP contribution in [0.3, 0.4) is 0 Å². The van der Waals surface area contributed by atoms with Crippen molar-refractivity contribution in [3.8, 4) is 11.6 Å². The lowest BCUT2D eigenvalue weighted by molar-refractivity contribution is -0.387. The van der Waals surface area contributed by atoms with Gasteiger partial charge in [0.2, 0.25) is 0 Å². The Morgan fingerprint density at radius 3 is 2.78 bits per heavy atom. The summed E-state index contributed by atoms with van der Waals surface area (Å²) in [5.74, 6) is 0.222. The fourth-order valence-electron chi connectivity index (χ4n) is 1.77. The summed E-state index contributed by atoms with van der Waals surface area (Å²) >= 11 is 0.952. The van der Waals surface area contributed by atoms with Crippen LogP contribution in [-0.2, 0) is 0 Å². The third-order valence-corrected chi connectivity index (χ3v) is 3.71. The van der Waals surface area contributed by atoms with Crippen molar-refractivity contribution in [2.45, 2.75) is 10.1 Å². The van der Waals surface area contributed by atoms with Crippen LogP contribution in [0.2, 0.25) is 0 Å². The van der Waals surface area contributed by atoms with Gasteiger partial charge in [-0.05, 0) is 30.0 Å². The Bertz CT molecular complexity index is 866. The van der Waals surface area contributed by atoms with Gasteiger partial charge in [-0.2, -0.15) is 0 Å². The summed E-state index contributed by atoms with van der Waals surface area (Å²) in [6.45, 7) is 0. The Hall–Kier alpha value is -3.07. The molecule has 0 atom stereocenters. The lowest BCUT2D eigenvalue weighted by Gasteiger charge is -2.00. The smallest absolute Gasteiger partial charge is 0.284 e. The van der Waals surface area contributed by atoms with E-state index in [1.807, 2.05) is 0 Å². The molecular weight excluding hydrogens is 320 g/mol. The maximum absolute atomic E-state index is 11.1. The molecule has 3 rings (SSSR count). The van der Waals surface area contributed by atoms with E-state index in [1.165, 1.54) is 18.2 Å². The van der Waals surface area contributed by atoms with E-state index >= 15 is 0 Å². The number of hydrogen-bond acceptors (Lipinski definition) is 8. The number of hydrogen-bond donors (Lipinski definition) is 0. The largest absolute Gasteiger partial charge is 0.409 e. The van der Waals surface area contributed by atoms with Crippen molar-refractivity contribution in [3.63, 3.8) is 0 Å². The maximum atomic E-state index is 11.1. The molecule has 114 valence electrons. The first-order valence-corrected chi connectivity index (χ1v) is 7.15. The second-order valence-corrected chi connectivity index (χ2v) is 5.29. The summed E-state index contributed by atoms with van der Waals surface area (Å²) in [5.41, 5.74) is 0.538. The first kappa shape index (κ1) is 14.9. The Labute approximate surface area is 133 Å². The molecule has 0 aliphatic rings. The summed E-state index contributed by atoms with van der Waals surface area (Å²) in [6.07, 6.45) is 2.14. The summed E-state index contributed by atoms with van der Waals surface area (Å²) in [6, 6.07) is 9.40. The molecule has 0 unspecified atom stereocenters. The molecule has 2 aromatic heterocycles. The number of nitrogens with zero attached hydrogens (tertiary/aromatic N) is 4. The van der Waals surface area contributed by atoms with Crippen LogP contribution < -0.4 is 0 Å². The molecule has 3 aromatic rings. The highest BCUT2D eigenvalue weighted by molar-refractivity contribution is 7.99. The summed E-state index contributed by atoms with van der Waals surface area (Å²) < 4.78 is 5.45. The molecule has 0 fully saturated rings. The standard InChI is InChI=1S/C14H8N4O4S/c19-8-9-4-5-12(11(7-9)18(20)21)23-14-17-16-13(22-14)10-3-1-2-6-15-10/h1-8H. The van der Waals surface area contributed by atoms with E-state index in [2.05, 4.69) is 15.2 Å². The number of rotatable bonds is 5. The van der Waals surface area contributed by atoms with Crippen molar-refractivity contribution in [1.29, 1.82) is 0 Å². The topological polar surface area (TPSA) is 112 Å². The third-order valence-electron chi connectivity index (χ3n) is 2.80. The van der Waals surface area contributed by atoms with E-state index in [0.717, 1.165) is 11.8 Å². The summed E-state index contributed by atoms with van der Waals surface area (Å²) in [5, 5.41) is 19.0. The molecule has 2 heterocycles. The van der Waals surface area contributed by atoms with E-state index in [-0.39, 0.29) is 22.4 Å².